The molecule has 0 saturated carbocycles. The Morgan fingerprint density at radius 3 is 2.62 bits per heavy atom. The fourth-order valence-electron chi connectivity index (χ4n) is 0.787. The SMILES string of the molecule is NCNSOCc1ccc(N)cc1. The maximum absolute atomic E-state index is 5.53. The number of rotatable bonds is 5. The summed E-state index contributed by atoms with van der Waals surface area (Å²) in [6, 6.07) is 7.55. The van der Waals surface area contributed by atoms with Gasteiger partial charge in [0.15, 0.2) is 0 Å². The Morgan fingerprint density at radius 2 is 2.00 bits per heavy atom. The highest BCUT2D eigenvalue weighted by Crippen LogP contribution is 2.08. The van der Waals surface area contributed by atoms with Gasteiger partial charge in [-0.2, -0.15) is 0 Å². The summed E-state index contributed by atoms with van der Waals surface area (Å²) in [6.45, 7) is 0.935. The standard InChI is InChI=1S/C8H13N3OS/c9-6-11-13-12-5-7-1-3-8(10)4-2-7/h1-4,11H,5-6,9-10H2. The number of nitrogens with one attached hydrogen (secondary N) is 1. The van der Waals surface area contributed by atoms with Crippen LogP contribution < -0.4 is 16.2 Å². The number of benzene rings is 1. The topological polar surface area (TPSA) is 73.3 Å². The molecule has 0 atom stereocenters. The third-order valence-electron chi connectivity index (χ3n) is 1.41. The fraction of sp³-hybridized carbons (Fsp3) is 0.250. The highest BCUT2D eigenvalue weighted by molar-refractivity contribution is 7.92. The lowest BCUT2D eigenvalue weighted by atomic mass is 10.2. The van der Waals surface area contributed by atoms with E-state index in [4.69, 9.17) is 15.7 Å². The third kappa shape index (κ3) is 4.14. The van der Waals surface area contributed by atoms with E-state index in [0.29, 0.717) is 13.3 Å². The van der Waals surface area contributed by atoms with Crippen LogP contribution in [0.15, 0.2) is 24.3 Å². The molecule has 0 unspecified atom stereocenters. The Kier molecular flexibility index (Phi) is 4.63. The van der Waals surface area contributed by atoms with E-state index >= 15 is 0 Å². The first-order chi connectivity index (χ1) is 6.33. The molecule has 1 aromatic carbocycles. The van der Waals surface area contributed by atoms with E-state index in [1.165, 1.54) is 0 Å². The van der Waals surface area contributed by atoms with E-state index < -0.39 is 0 Å². The zero-order valence-electron chi connectivity index (χ0n) is 7.19. The van der Waals surface area contributed by atoms with Gasteiger partial charge in [0, 0.05) is 5.69 Å². The van der Waals surface area contributed by atoms with Gasteiger partial charge < -0.3 is 11.5 Å². The minimum absolute atomic E-state index is 0.395. The summed E-state index contributed by atoms with van der Waals surface area (Å²) in [4.78, 5) is 0. The van der Waals surface area contributed by atoms with Crippen molar-refractivity contribution in [3.05, 3.63) is 29.8 Å². The predicted molar refractivity (Wildman–Crippen MR) is 55.4 cm³/mol. The van der Waals surface area contributed by atoms with Crippen LogP contribution in [0.1, 0.15) is 5.56 Å². The van der Waals surface area contributed by atoms with Crippen molar-refractivity contribution in [3.8, 4) is 0 Å². The van der Waals surface area contributed by atoms with E-state index in [9.17, 15) is 0 Å². The summed E-state index contributed by atoms with van der Waals surface area (Å²) in [7, 11) is 0. The lowest BCUT2D eigenvalue weighted by Crippen LogP contribution is -2.14. The summed E-state index contributed by atoms with van der Waals surface area (Å²) < 4.78 is 7.96. The van der Waals surface area contributed by atoms with Gasteiger partial charge in [-0.3, -0.25) is 4.18 Å². The Bertz CT molecular complexity index is 240. The highest BCUT2D eigenvalue weighted by atomic mass is 32.2. The number of hydrogen-bond donors (Lipinski definition) is 3. The van der Waals surface area contributed by atoms with Crippen molar-refractivity contribution in [3.63, 3.8) is 0 Å². The second-order valence-corrected chi connectivity index (χ2v) is 3.13. The van der Waals surface area contributed by atoms with Crippen LogP contribution in [-0.2, 0) is 10.8 Å². The Balaban J connectivity index is 2.25. The second kappa shape index (κ2) is 5.82. The molecule has 0 aliphatic heterocycles. The van der Waals surface area contributed by atoms with Gasteiger partial charge in [-0.25, -0.2) is 4.72 Å². The maximum Gasteiger partial charge on any atom is 0.0879 e. The molecule has 13 heavy (non-hydrogen) atoms. The fourth-order valence-corrected chi connectivity index (χ4v) is 1.13. The van der Waals surface area contributed by atoms with Gasteiger partial charge in [0.1, 0.15) is 0 Å². The van der Waals surface area contributed by atoms with Gasteiger partial charge in [-0.1, -0.05) is 12.1 Å². The predicted octanol–water partition coefficient (Wildman–Crippen LogP) is 0.854. The molecule has 0 aliphatic carbocycles. The molecule has 0 amide bonds. The normalized spacial score (nSPS) is 10.2. The van der Waals surface area contributed by atoms with Crippen molar-refractivity contribution in [1.29, 1.82) is 0 Å². The van der Waals surface area contributed by atoms with Crippen molar-refractivity contribution < 1.29 is 4.18 Å². The molecule has 0 aliphatic rings. The van der Waals surface area contributed by atoms with Crippen LogP contribution in [-0.4, -0.2) is 6.67 Å². The molecule has 5 heteroatoms. The first kappa shape index (κ1) is 10.3. The van der Waals surface area contributed by atoms with Gasteiger partial charge in [0.2, 0.25) is 0 Å². The van der Waals surface area contributed by atoms with Crippen LogP contribution >= 0.6 is 12.2 Å². The first-order valence-corrected chi connectivity index (χ1v) is 4.63. The molecule has 1 rings (SSSR count). The summed E-state index contributed by atoms with van der Waals surface area (Å²) in [5.74, 6) is 0. The molecule has 4 nitrogen and oxygen atoms in total. The van der Waals surface area contributed by atoms with Crippen molar-refractivity contribution in [2.45, 2.75) is 6.61 Å². The van der Waals surface area contributed by atoms with Crippen molar-refractivity contribution in [2.24, 2.45) is 5.73 Å². The Hall–Kier alpha value is -0.750. The lowest BCUT2D eigenvalue weighted by molar-refractivity contribution is 0.360. The zero-order chi connectivity index (χ0) is 9.52. The second-order valence-electron chi connectivity index (χ2n) is 2.44. The molecule has 1 aromatic rings. The van der Waals surface area contributed by atoms with Crippen LogP contribution in [0.3, 0.4) is 0 Å². The minimum Gasteiger partial charge on any atom is -0.399 e. The van der Waals surface area contributed by atoms with Crippen LogP contribution in [0.5, 0.6) is 0 Å². The summed E-state index contributed by atoms with van der Waals surface area (Å²) in [5, 5.41) is 0. The summed E-state index contributed by atoms with van der Waals surface area (Å²) in [6.07, 6.45) is 0. The Labute approximate surface area is 82.0 Å². The molecule has 0 bridgehead atoms. The van der Waals surface area contributed by atoms with Crippen LogP contribution in [0.25, 0.3) is 0 Å². The van der Waals surface area contributed by atoms with Crippen molar-refractivity contribution in [2.75, 3.05) is 12.4 Å². The third-order valence-corrected chi connectivity index (χ3v) is 1.93. The molecular weight excluding hydrogens is 186 g/mol. The van der Waals surface area contributed by atoms with Gasteiger partial charge in [-0.05, 0) is 17.7 Å². The number of hydrogen-bond acceptors (Lipinski definition) is 5. The smallest absolute Gasteiger partial charge is 0.0879 e. The molecule has 5 N–H and O–H groups in total. The number of nitrogens with two attached hydrogens (primary N) is 2. The van der Waals surface area contributed by atoms with Gasteiger partial charge in [0.05, 0.1) is 25.5 Å². The van der Waals surface area contributed by atoms with Crippen LogP contribution in [0, 0.1) is 0 Å². The Morgan fingerprint density at radius 1 is 1.31 bits per heavy atom. The first-order valence-electron chi connectivity index (χ1n) is 3.88. The largest absolute Gasteiger partial charge is 0.399 e. The molecule has 0 fully saturated rings. The average molecular weight is 199 g/mol. The van der Waals surface area contributed by atoms with Gasteiger partial charge >= 0.3 is 0 Å². The average Bonchev–Trinajstić information content (AvgIpc) is 2.15. The number of anilines is 1. The van der Waals surface area contributed by atoms with E-state index in [1.54, 1.807) is 0 Å². The minimum atomic E-state index is 0.395. The molecule has 0 saturated heterocycles. The van der Waals surface area contributed by atoms with Crippen molar-refractivity contribution >= 4 is 17.9 Å². The summed E-state index contributed by atoms with van der Waals surface area (Å²) >= 11 is 1.15. The van der Waals surface area contributed by atoms with Gasteiger partial charge in [-0.15, -0.1) is 0 Å². The van der Waals surface area contributed by atoms with Gasteiger partial charge in [0.25, 0.3) is 0 Å². The van der Waals surface area contributed by atoms with Crippen LogP contribution in [0.4, 0.5) is 5.69 Å². The van der Waals surface area contributed by atoms with Crippen LogP contribution in [0.2, 0.25) is 0 Å². The lowest BCUT2D eigenvalue weighted by Gasteiger charge is -2.02. The van der Waals surface area contributed by atoms with E-state index in [2.05, 4.69) is 4.72 Å². The molecule has 72 valence electrons. The number of nitrogen functional groups attached to an aromatic ring is 1. The zero-order valence-corrected chi connectivity index (χ0v) is 8.01. The quantitative estimate of drug-likeness (QED) is 0.215. The van der Waals surface area contributed by atoms with Crippen molar-refractivity contribution in [1.82, 2.24) is 4.72 Å². The summed E-state index contributed by atoms with van der Waals surface area (Å²) in [5.41, 5.74) is 12.6. The maximum atomic E-state index is 5.53. The van der Waals surface area contributed by atoms with E-state index in [0.717, 1.165) is 23.5 Å². The molecule has 0 radical (unpaired) electrons. The molecule has 0 spiro atoms. The van der Waals surface area contributed by atoms with E-state index in [1.807, 2.05) is 24.3 Å². The molecular formula is C8H13N3OS. The van der Waals surface area contributed by atoms with E-state index in [-0.39, 0.29) is 0 Å². The molecule has 0 aromatic heterocycles. The highest BCUT2D eigenvalue weighted by Gasteiger charge is 1.92. The molecule has 0 heterocycles. The monoisotopic (exact) mass is 199 g/mol.